The molecule has 0 aliphatic carbocycles. The number of nitrogens with zero attached hydrogens (tertiary/aromatic N) is 1. The van der Waals surface area contributed by atoms with Gasteiger partial charge in [-0.3, -0.25) is 9.69 Å². The standard InChI is InChI=1S/C37H54BrNO.ClH/c1-4-6-8-10-12-14-16-20-26-39(27-21-17-15-13-11-9-7-5-2)30(3)37(40)32-25-24-31-29-36(38)34-23-19-18-22-33(34)35(31)28-32;/h18-19,22-25,28-30H,4-17,20-21,26-27H2,1-3H3;1H. The van der Waals surface area contributed by atoms with Crippen molar-refractivity contribution in [1.29, 1.82) is 0 Å². The monoisotopic (exact) mass is 643 g/mol. The largest absolute Gasteiger partial charge is 0.294 e. The first kappa shape index (κ1) is 35.8. The van der Waals surface area contributed by atoms with Crippen LogP contribution in [-0.2, 0) is 0 Å². The lowest BCUT2D eigenvalue weighted by Gasteiger charge is -2.28. The van der Waals surface area contributed by atoms with E-state index < -0.39 is 0 Å². The topological polar surface area (TPSA) is 20.3 Å². The van der Waals surface area contributed by atoms with Crippen LogP contribution in [0.5, 0.6) is 0 Å². The zero-order valence-electron chi connectivity index (χ0n) is 26.1. The Labute approximate surface area is 265 Å². The highest BCUT2D eigenvalue weighted by atomic mass is 79.9. The van der Waals surface area contributed by atoms with Crippen molar-refractivity contribution in [2.24, 2.45) is 0 Å². The molecule has 0 spiro atoms. The molecule has 3 rings (SSSR count). The van der Waals surface area contributed by atoms with E-state index in [1.54, 1.807) is 0 Å². The van der Waals surface area contributed by atoms with E-state index >= 15 is 0 Å². The molecule has 0 saturated heterocycles. The molecule has 0 fully saturated rings. The van der Waals surface area contributed by atoms with Crippen molar-refractivity contribution in [3.8, 4) is 0 Å². The van der Waals surface area contributed by atoms with E-state index in [0.29, 0.717) is 0 Å². The van der Waals surface area contributed by atoms with E-state index in [1.807, 2.05) is 6.07 Å². The number of carbonyl (C=O) groups is 1. The van der Waals surface area contributed by atoms with Gasteiger partial charge in [0.1, 0.15) is 0 Å². The lowest BCUT2D eigenvalue weighted by molar-refractivity contribution is 0.0832. The first-order valence-corrected chi connectivity index (χ1v) is 17.2. The first-order valence-electron chi connectivity index (χ1n) is 16.5. The Balaban J connectivity index is 0.00000588. The summed E-state index contributed by atoms with van der Waals surface area (Å²) >= 11 is 3.74. The van der Waals surface area contributed by atoms with Gasteiger partial charge in [0.2, 0.25) is 0 Å². The maximum Gasteiger partial charge on any atom is 0.179 e. The van der Waals surface area contributed by atoms with Crippen molar-refractivity contribution in [3.63, 3.8) is 0 Å². The van der Waals surface area contributed by atoms with Gasteiger partial charge in [-0.2, -0.15) is 0 Å². The summed E-state index contributed by atoms with van der Waals surface area (Å²) in [5.74, 6) is 0.257. The Hall–Kier alpha value is -1.42. The van der Waals surface area contributed by atoms with Crippen LogP contribution in [0.4, 0.5) is 0 Å². The number of hydrogen-bond donors (Lipinski definition) is 0. The van der Waals surface area contributed by atoms with E-state index in [-0.39, 0.29) is 24.2 Å². The Morgan fingerprint density at radius 3 is 1.68 bits per heavy atom. The van der Waals surface area contributed by atoms with Gasteiger partial charge in [-0.1, -0.05) is 156 Å². The van der Waals surface area contributed by atoms with E-state index in [2.05, 4.69) is 84.1 Å². The number of unbranched alkanes of at least 4 members (excludes halogenated alkanes) is 14. The zero-order chi connectivity index (χ0) is 28.6. The van der Waals surface area contributed by atoms with Gasteiger partial charge in [0, 0.05) is 10.0 Å². The molecule has 3 aromatic carbocycles. The fourth-order valence-corrected chi connectivity index (χ4v) is 6.61. The average Bonchev–Trinajstić information content (AvgIpc) is 2.98. The van der Waals surface area contributed by atoms with Crippen LogP contribution in [0.25, 0.3) is 21.5 Å². The minimum absolute atomic E-state index is 0. The van der Waals surface area contributed by atoms with Crippen LogP contribution in [0.2, 0.25) is 0 Å². The predicted molar refractivity (Wildman–Crippen MR) is 187 cm³/mol. The Bertz CT molecular complexity index is 1140. The molecule has 0 amide bonds. The number of halogens is 2. The van der Waals surface area contributed by atoms with Gasteiger partial charge in [0.25, 0.3) is 0 Å². The van der Waals surface area contributed by atoms with Crippen molar-refractivity contribution < 1.29 is 4.79 Å². The van der Waals surface area contributed by atoms with Crippen molar-refractivity contribution in [2.45, 2.75) is 130 Å². The summed E-state index contributed by atoms with van der Waals surface area (Å²) in [6.45, 7) is 8.76. The fraction of sp³-hybridized carbons (Fsp3) is 0.595. The smallest absolute Gasteiger partial charge is 0.179 e. The van der Waals surface area contributed by atoms with Crippen molar-refractivity contribution in [3.05, 3.63) is 58.6 Å². The molecule has 0 saturated carbocycles. The summed E-state index contributed by atoms with van der Waals surface area (Å²) < 4.78 is 1.10. The number of ketones is 1. The molecule has 228 valence electrons. The van der Waals surface area contributed by atoms with E-state index in [0.717, 1.165) is 28.5 Å². The summed E-state index contributed by atoms with van der Waals surface area (Å²) in [7, 11) is 0. The Morgan fingerprint density at radius 2 is 1.15 bits per heavy atom. The van der Waals surface area contributed by atoms with Crippen molar-refractivity contribution in [1.82, 2.24) is 4.90 Å². The fourth-order valence-electron chi connectivity index (χ4n) is 6.01. The zero-order valence-corrected chi connectivity index (χ0v) is 28.5. The lowest BCUT2D eigenvalue weighted by atomic mass is 9.96. The van der Waals surface area contributed by atoms with Gasteiger partial charge >= 0.3 is 0 Å². The first-order chi connectivity index (χ1) is 19.6. The summed E-state index contributed by atoms with van der Waals surface area (Å²) in [5.41, 5.74) is 0.837. The third-order valence-electron chi connectivity index (χ3n) is 8.62. The summed E-state index contributed by atoms with van der Waals surface area (Å²) in [6.07, 6.45) is 21.2. The van der Waals surface area contributed by atoms with Gasteiger partial charge in [-0.15, -0.1) is 12.4 Å². The minimum atomic E-state index is -0.0896. The third-order valence-corrected chi connectivity index (χ3v) is 9.28. The SMILES string of the molecule is CCCCCCCCCCN(CCCCCCCCCC)C(C)C(=O)c1ccc2cc(Br)c3ccccc3c2c1.Cl. The summed E-state index contributed by atoms with van der Waals surface area (Å²) in [6, 6.07) is 16.8. The molecule has 0 N–H and O–H groups in total. The van der Waals surface area contributed by atoms with Gasteiger partial charge in [-0.05, 0) is 66.5 Å². The second-order valence-corrected chi connectivity index (χ2v) is 12.7. The lowest BCUT2D eigenvalue weighted by Crippen LogP contribution is -2.40. The van der Waals surface area contributed by atoms with Gasteiger partial charge < -0.3 is 0 Å². The quantitative estimate of drug-likeness (QED) is 0.0653. The van der Waals surface area contributed by atoms with Crippen molar-refractivity contribution in [2.75, 3.05) is 13.1 Å². The highest BCUT2D eigenvalue weighted by Gasteiger charge is 2.22. The number of Topliss-reactive ketones (excluding diaryl/α,β-unsaturated/α-hetero) is 1. The molecule has 0 aromatic heterocycles. The molecule has 0 heterocycles. The molecule has 0 bridgehead atoms. The molecular formula is C37H55BrClNO. The van der Waals surface area contributed by atoms with Crippen LogP contribution >= 0.6 is 28.3 Å². The highest BCUT2D eigenvalue weighted by molar-refractivity contribution is 9.10. The second-order valence-electron chi connectivity index (χ2n) is 11.9. The number of benzene rings is 3. The maximum absolute atomic E-state index is 13.9. The van der Waals surface area contributed by atoms with E-state index in [1.165, 1.54) is 119 Å². The van der Waals surface area contributed by atoms with Gasteiger partial charge in [-0.25, -0.2) is 0 Å². The van der Waals surface area contributed by atoms with Crippen LogP contribution in [0.1, 0.15) is 134 Å². The highest BCUT2D eigenvalue weighted by Crippen LogP contribution is 2.32. The van der Waals surface area contributed by atoms with E-state index in [4.69, 9.17) is 0 Å². The van der Waals surface area contributed by atoms with Crippen molar-refractivity contribution >= 4 is 55.7 Å². The molecule has 0 aliphatic heterocycles. The van der Waals surface area contributed by atoms with Gasteiger partial charge in [0.05, 0.1) is 6.04 Å². The molecule has 3 aromatic rings. The van der Waals surface area contributed by atoms with Gasteiger partial charge in [0.15, 0.2) is 5.78 Å². The third kappa shape index (κ3) is 11.6. The molecule has 41 heavy (non-hydrogen) atoms. The molecule has 1 unspecified atom stereocenters. The molecule has 4 heteroatoms. The molecule has 1 atom stereocenters. The van der Waals surface area contributed by atoms with Crippen LogP contribution in [-0.4, -0.2) is 29.8 Å². The van der Waals surface area contributed by atoms with Crippen LogP contribution < -0.4 is 0 Å². The molecule has 2 nitrogen and oxygen atoms in total. The van der Waals surface area contributed by atoms with Crippen LogP contribution in [0.3, 0.4) is 0 Å². The normalized spacial score (nSPS) is 12.2. The Morgan fingerprint density at radius 1 is 0.659 bits per heavy atom. The second kappa shape index (κ2) is 20.5. The summed E-state index contributed by atoms with van der Waals surface area (Å²) in [4.78, 5) is 16.3. The van der Waals surface area contributed by atoms with E-state index in [9.17, 15) is 4.79 Å². The number of hydrogen-bond acceptors (Lipinski definition) is 2. The molecular weight excluding hydrogens is 590 g/mol. The maximum atomic E-state index is 13.9. The van der Waals surface area contributed by atoms with Crippen LogP contribution in [0, 0.1) is 0 Å². The van der Waals surface area contributed by atoms with Crippen LogP contribution in [0.15, 0.2) is 53.0 Å². The average molecular weight is 645 g/mol. The number of carbonyl (C=O) groups excluding carboxylic acids is 1. The number of fused-ring (bicyclic) bond motifs is 3. The minimum Gasteiger partial charge on any atom is -0.294 e. The Kier molecular flexibility index (Phi) is 17.9. The molecule has 0 aliphatic rings. The summed E-state index contributed by atoms with van der Waals surface area (Å²) in [5, 5.41) is 4.72. The molecule has 0 radical (unpaired) electrons. The predicted octanol–water partition coefficient (Wildman–Crippen LogP) is 12.3. The number of rotatable bonds is 21.